The molecule has 0 aromatic heterocycles. The van der Waals surface area contributed by atoms with Crippen LogP contribution in [0.1, 0.15) is 58.8 Å². The van der Waals surface area contributed by atoms with Gasteiger partial charge in [-0.15, -0.1) is 0 Å². The lowest BCUT2D eigenvalue weighted by Gasteiger charge is -2.28. The Bertz CT molecular complexity index is 240. The summed E-state index contributed by atoms with van der Waals surface area (Å²) in [5.41, 5.74) is 0.867. The van der Waals surface area contributed by atoms with E-state index in [2.05, 4.69) is 19.9 Å². The fourth-order valence-electron chi connectivity index (χ4n) is 2.10. The molecule has 1 atom stereocenters. The first kappa shape index (κ1) is 12.5. The summed E-state index contributed by atoms with van der Waals surface area (Å²) in [4.78, 5) is 0. The molecule has 0 fully saturated rings. The van der Waals surface area contributed by atoms with Crippen LogP contribution in [0.5, 0.6) is 0 Å². The van der Waals surface area contributed by atoms with Crippen LogP contribution >= 0.6 is 0 Å². The first-order valence-electron chi connectivity index (χ1n) is 6.30. The molecule has 0 saturated carbocycles. The molecule has 0 aromatic rings. The van der Waals surface area contributed by atoms with Gasteiger partial charge in [-0.05, 0) is 19.3 Å². The summed E-state index contributed by atoms with van der Waals surface area (Å²) in [6, 6.07) is 0. The number of hydrogen-bond acceptors (Lipinski definition) is 1. The lowest BCUT2D eigenvalue weighted by atomic mass is 9.84. The van der Waals surface area contributed by atoms with Gasteiger partial charge in [0.25, 0.3) is 0 Å². The van der Waals surface area contributed by atoms with Crippen LogP contribution in [-0.4, -0.2) is 10.7 Å². The van der Waals surface area contributed by atoms with Crippen LogP contribution in [0, 0.1) is 0 Å². The van der Waals surface area contributed by atoms with Crippen molar-refractivity contribution in [2.45, 2.75) is 64.4 Å². The van der Waals surface area contributed by atoms with Crippen LogP contribution in [-0.2, 0) is 0 Å². The number of unbranched alkanes of at least 4 members (excludes halogenated alkanes) is 2. The summed E-state index contributed by atoms with van der Waals surface area (Å²) in [6.07, 6.45) is 13.8. The molecule has 86 valence electrons. The second-order valence-electron chi connectivity index (χ2n) is 4.67. The topological polar surface area (TPSA) is 20.2 Å². The third-order valence-electron chi connectivity index (χ3n) is 3.09. The summed E-state index contributed by atoms with van der Waals surface area (Å²) in [6.45, 7) is 4.38. The number of hydrogen-bond donors (Lipinski definition) is 1. The Morgan fingerprint density at radius 3 is 2.67 bits per heavy atom. The molecular weight excluding hydrogens is 184 g/mol. The lowest BCUT2D eigenvalue weighted by molar-refractivity contribution is 0.0770. The van der Waals surface area contributed by atoms with Gasteiger partial charge in [-0.25, -0.2) is 0 Å². The maximum Gasteiger partial charge on any atom is 0.0867 e. The maximum atomic E-state index is 10.3. The van der Waals surface area contributed by atoms with Crippen molar-refractivity contribution in [3.05, 3.63) is 23.8 Å². The maximum absolute atomic E-state index is 10.3. The molecular formula is C14H24O. The fourth-order valence-corrected chi connectivity index (χ4v) is 2.10. The highest BCUT2D eigenvalue weighted by Crippen LogP contribution is 2.30. The predicted molar refractivity (Wildman–Crippen MR) is 65.8 cm³/mol. The predicted octanol–water partition coefficient (Wildman–Crippen LogP) is 3.98. The minimum atomic E-state index is -0.548. The quantitative estimate of drug-likeness (QED) is 0.700. The van der Waals surface area contributed by atoms with Crippen LogP contribution in [0.4, 0.5) is 0 Å². The largest absolute Gasteiger partial charge is 0.385 e. The summed E-state index contributed by atoms with van der Waals surface area (Å²) in [5.74, 6) is 0. The molecule has 1 aliphatic carbocycles. The van der Waals surface area contributed by atoms with Gasteiger partial charge in [-0.1, -0.05) is 56.9 Å². The first-order valence-corrected chi connectivity index (χ1v) is 6.30. The van der Waals surface area contributed by atoms with E-state index in [-0.39, 0.29) is 0 Å². The van der Waals surface area contributed by atoms with E-state index < -0.39 is 5.60 Å². The van der Waals surface area contributed by atoms with Crippen molar-refractivity contribution in [2.24, 2.45) is 0 Å². The molecule has 1 heteroatoms. The zero-order valence-corrected chi connectivity index (χ0v) is 10.1. The first-order chi connectivity index (χ1) is 7.20. The van der Waals surface area contributed by atoms with Crippen molar-refractivity contribution in [1.29, 1.82) is 0 Å². The molecule has 1 N–H and O–H groups in total. The molecule has 1 rings (SSSR count). The molecule has 1 unspecified atom stereocenters. The minimum Gasteiger partial charge on any atom is -0.385 e. The van der Waals surface area contributed by atoms with E-state index in [0.29, 0.717) is 0 Å². The summed E-state index contributed by atoms with van der Waals surface area (Å²) >= 11 is 0. The average molecular weight is 208 g/mol. The molecule has 0 amide bonds. The van der Waals surface area contributed by atoms with E-state index in [1.54, 1.807) is 0 Å². The smallest absolute Gasteiger partial charge is 0.0867 e. The molecule has 0 radical (unpaired) electrons. The van der Waals surface area contributed by atoms with Gasteiger partial charge in [0, 0.05) is 6.42 Å². The van der Waals surface area contributed by atoms with E-state index in [9.17, 15) is 5.11 Å². The Kier molecular flexibility index (Phi) is 5.10. The van der Waals surface area contributed by atoms with E-state index in [0.717, 1.165) is 32.1 Å². The Morgan fingerprint density at radius 1 is 1.27 bits per heavy atom. The number of aliphatic hydroxyl groups is 1. The van der Waals surface area contributed by atoms with Crippen LogP contribution < -0.4 is 0 Å². The Morgan fingerprint density at radius 2 is 2.00 bits per heavy atom. The normalized spacial score (nSPS) is 25.4. The highest BCUT2D eigenvalue weighted by atomic mass is 16.3. The van der Waals surface area contributed by atoms with Crippen molar-refractivity contribution in [1.82, 2.24) is 0 Å². The Labute approximate surface area is 93.9 Å². The van der Waals surface area contributed by atoms with E-state index >= 15 is 0 Å². The SMILES string of the molecule is CCCCC1=CC=CC(O)(CCCC)C1. The van der Waals surface area contributed by atoms with Gasteiger partial charge < -0.3 is 5.11 Å². The van der Waals surface area contributed by atoms with Gasteiger partial charge in [0.2, 0.25) is 0 Å². The van der Waals surface area contributed by atoms with Gasteiger partial charge in [-0.2, -0.15) is 0 Å². The molecule has 1 nitrogen and oxygen atoms in total. The Balaban J connectivity index is 2.45. The van der Waals surface area contributed by atoms with Crippen molar-refractivity contribution in [2.75, 3.05) is 0 Å². The molecule has 0 aromatic carbocycles. The van der Waals surface area contributed by atoms with Crippen LogP contribution in [0.3, 0.4) is 0 Å². The zero-order chi connectivity index (χ0) is 11.1. The number of rotatable bonds is 6. The van der Waals surface area contributed by atoms with Crippen LogP contribution in [0.2, 0.25) is 0 Å². The van der Waals surface area contributed by atoms with Crippen molar-refractivity contribution >= 4 is 0 Å². The molecule has 0 heterocycles. The molecule has 1 aliphatic rings. The average Bonchev–Trinajstić information content (AvgIpc) is 2.24. The lowest BCUT2D eigenvalue weighted by Crippen LogP contribution is -2.27. The second kappa shape index (κ2) is 6.12. The molecule has 0 bridgehead atoms. The second-order valence-corrected chi connectivity index (χ2v) is 4.67. The van der Waals surface area contributed by atoms with Gasteiger partial charge in [-0.3, -0.25) is 0 Å². The Hall–Kier alpha value is -0.560. The molecule has 15 heavy (non-hydrogen) atoms. The third kappa shape index (κ3) is 4.21. The van der Waals surface area contributed by atoms with E-state index in [1.807, 2.05) is 12.2 Å². The molecule has 0 spiro atoms. The minimum absolute atomic E-state index is 0.548. The summed E-state index contributed by atoms with van der Waals surface area (Å²) in [5, 5.41) is 10.3. The monoisotopic (exact) mass is 208 g/mol. The van der Waals surface area contributed by atoms with Crippen molar-refractivity contribution in [3.8, 4) is 0 Å². The van der Waals surface area contributed by atoms with E-state index in [4.69, 9.17) is 0 Å². The zero-order valence-electron chi connectivity index (χ0n) is 10.1. The van der Waals surface area contributed by atoms with Crippen molar-refractivity contribution < 1.29 is 5.11 Å². The van der Waals surface area contributed by atoms with Gasteiger partial charge >= 0.3 is 0 Å². The fraction of sp³-hybridized carbons (Fsp3) is 0.714. The van der Waals surface area contributed by atoms with Crippen molar-refractivity contribution in [3.63, 3.8) is 0 Å². The van der Waals surface area contributed by atoms with Crippen LogP contribution in [0.25, 0.3) is 0 Å². The summed E-state index contributed by atoms with van der Waals surface area (Å²) < 4.78 is 0. The summed E-state index contributed by atoms with van der Waals surface area (Å²) in [7, 11) is 0. The van der Waals surface area contributed by atoms with Gasteiger partial charge in [0.15, 0.2) is 0 Å². The standard InChI is InChI=1S/C14H24O/c1-3-5-8-13-9-7-11-14(15,12-13)10-6-4-2/h7,9,11,15H,3-6,8,10,12H2,1-2H3. The molecule has 0 aliphatic heterocycles. The molecule has 0 saturated heterocycles. The highest BCUT2D eigenvalue weighted by Gasteiger charge is 2.25. The van der Waals surface area contributed by atoms with Crippen LogP contribution in [0.15, 0.2) is 23.8 Å². The third-order valence-corrected chi connectivity index (χ3v) is 3.09. The van der Waals surface area contributed by atoms with E-state index in [1.165, 1.54) is 18.4 Å². The van der Waals surface area contributed by atoms with Gasteiger partial charge in [0.05, 0.1) is 5.60 Å². The highest BCUT2D eigenvalue weighted by molar-refractivity contribution is 5.25. The van der Waals surface area contributed by atoms with Gasteiger partial charge in [0.1, 0.15) is 0 Å². The number of allylic oxidation sites excluding steroid dienone is 2.